The van der Waals surface area contributed by atoms with Crippen LogP contribution in [0.15, 0.2) is 6.20 Å². The van der Waals surface area contributed by atoms with E-state index in [0.717, 1.165) is 25.6 Å². The predicted molar refractivity (Wildman–Crippen MR) is 75.9 cm³/mol. The van der Waals surface area contributed by atoms with Crippen LogP contribution in [-0.4, -0.2) is 28.6 Å². The lowest BCUT2D eigenvalue weighted by molar-refractivity contribution is 0.421. The molecule has 4 nitrogen and oxygen atoms in total. The molecule has 4 heteroatoms. The average Bonchev–Trinajstić information content (AvgIpc) is 2.60. The van der Waals surface area contributed by atoms with E-state index in [1.165, 1.54) is 31.4 Å². The highest BCUT2D eigenvalue weighted by molar-refractivity contribution is 5.31. The monoisotopic (exact) mass is 250 g/mol. The first-order chi connectivity index (χ1) is 8.54. The van der Waals surface area contributed by atoms with Gasteiger partial charge in [0.05, 0.1) is 11.9 Å². The standard InChI is InChI=1S/C14H26N4/c1-14(2,3)16-11-12-10-15-13(17-12)18-8-6-4-5-7-9-18/h10,16H,4-9,11H2,1-3H3,(H,15,17). The van der Waals surface area contributed by atoms with Crippen molar-refractivity contribution in [2.75, 3.05) is 18.0 Å². The summed E-state index contributed by atoms with van der Waals surface area (Å²) in [6.45, 7) is 9.67. The lowest BCUT2D eigenvalue weighted by atomic mass is 10.1. The van der Waals surface area contributed by atoms with Crippen LogP contribution in [0.2, 0.25) is 0 Å². The maximum absolute atomic E-state index is 4.51. The van der Waals surface area contributed by atoms with Gasteiger partial charge >= 0.3 is 0 Å². The maximum Gasteiger partial charge on any atom is 0.202 e. The van der Waals surface area contributed by atoms with Gasteiger partial charge in [-0.1, -0.05) is 12.8 Å². The highest BCUT2D eigenvalue weighted by atomic mass is 15.3. The van der Waals surface area contributed by atoms with Crippen LogP contribution < -0.4 is 10.2 Å². The van der Waals surface area contributed by atoms with Crippen LogP contribution in [0.25, 0.3) is 0 Å². The molecule has 0 radical (unpaired) electrons. The summed E-state index contributed by atoms with van der Waals surface area (Å²) in [5.41, 5.74) is 1.32. The summed E-state index contributed by atoms with van der Waals surface area (Å²) in [6.07, 6.45) is 7.25. The molecule has 2 heterocycles. The zero-order valence-corrected chi connectivity index (χ0v) is 11.9. The van der Waals surface area contributed by atoms with E-state index in [9.17, 15) is 0 Å². The first-order valence-electron chi connectivity index (χ1n) is 7.08. The van der Waals surface area contributed by atoms with E-state index < -0.39 is 0 Å². The van der Waals surface area contributed by atoms with Crippen LogP contribution in [0, 0.1) is 0 Å². The van der Waals surface area contributed by atoms with Gasteiger partial charge in [-0.2, -0.15) is 0 Å². The van der Waals surface area contributed by atoms with Crippen LogP contribution in [-0.2, 0) is 6.54 Å². The summed E-state index contributed by atoms with van der Waals surface area (Å²) in [5, 5.41) is 3.48. The van der Waals surface area contributed by atoms with Crippen molar-refractivity contribution in [3.8, 4) is 0 Å². The number of rotatable bonds is 3. The zero-order chi connectivity index (χ0) is 13.0. The molecule has 2 rings (SSSR count). The minimum Gasteiger partial charge on any atom is -0.342 e. The summed E-state index contributed by atoms with van der Waals surface area (Å²) < 4.78 is 0. The van der Waals surface area contributed by atoms with E-state index in [2.05, 4.69) is 41.0 Å². The molecule has 18 heavy (non-hydrogen) atoms. The molecule has 0 unspecified atom stereocenters. The number of imidazole rings is 1. The molecule has 0 aliphatic carbocycles. The summed E-state index contributed by atoms with van der Waals surface area (Å²) in [6, 6.07) is 0. The fraction of sp³-hybridized carbons (Fsp3) is 0.786. The summed E-state index contributed by atoms with van der Waals surface area (Å²) in [5.74, 6) is 1.04. The van der Waals surface area contributed by atoms with Gasteiger partial charge in [-0.15, -0.1) is 0 Å². The molecule has 1 saturated heterocycles. The van der Waals surface area contributed by atoms with Crippen molar-refractivity contribution in [3.05, 3.63) is 11.9 Å². The highest BCUT2D eigenvalue weighted by Gasteiger charge is 2.14. The van der Waals surface area contributed by atoms with Crippen LogP contribution in [0.4, 0.5) is 5.95 Å². The third-order valence-electron chi connectivity index (χ3n) is 3.33. The van der Waals surface area contributed by atoms with Gasteiger partial charge in [0.2, 0.25) is 5.95 Å². The SMILES string of the molecule is CC(C)(C)NCc1cnc(N2CCCCCC2)[nH]1. The Morgan fingerprint density at radius 1 is 1.22 bits per heavy atom. The third kappa shape index (κ3) is 4.02. The zero-order valence-electron chi connectivity index (χ0n) is 11.9. The normalized spacial score (nSPS) is 17.8. The topological polar surface area (TPSA) is 44.0 Å². The van der Waals surface area contributed by atoms with Gasteiger partial charge in [-0.3, -0.25) is 0 Å². The molecule has 0 bridgehead atoms. The maximum atomic E-state index is 4.51. The Labute approximate surface area is 110 Å². The van der Waals surface area contributed by atoms with Crippen molar-refractivity contribution >= 4 is 5.95 Å². The van der Waals surface area contributed by atoms with E-state index in [4.69, 9.17) is 0 Å². The summed E-state index contributed by atoms with van der Waals surface area (Å²) >= 11 is 0. The van der Waals surface area contributed by atoms with Crippen molar-refractivity contribution in [2.45, 2.75) is 58.5 Å². The van der Waals surface area contributed by atoms with E-state index in [-0.39, 0.29) is 5.54 Å². The number of aromatic nitrogens is 2. The molecule has 2 N–H and O–H groups in total. The summed E-state index contributed by atoms with van der Waals surface area (Å²) in [7, 11) is 0. The third-order valence-corrected chi connectivity index (χ3v) is 3.33. The van der Waals surface area contributed by atoms with E-state index in [1.807, 2.05) is 6.20 Å². The Balaban J connectivity index is 1.92. The van der Waals surface area contributed by atoms with E-state index in [0.29, 0.717) is 0 Å². The molecule has 1 aliphatic rings. The molecule has 1 aromatic heterocycles. The van der Waals surface area contributed by atoms with Crippen molar-refractivity contribution in [1.29, 1.82) is 0 Å². The molecule has 0 atom stereocenters. The Morgan fingerprint density at radius 3 is 2.50 bits per heavy atom. The lowest BCUT2D eigenvalue weighted by Crippen LogP contribution is -2.35. The molecular weight excluding hydrogens is 224 g/mol. The lowest BCUT2D eigenvalue weighted by Gasteiger charge is -2.20. The van der Waals surface area contributed by atoms with Gasteiger partial charge in [0.25, 0.3) is 0 Å². The van der Waals surface area contributed by atoms with Gasteiger partial charge in [-0.05, 0) is 33.6 Å². The van der Waals surface area contributed by atoms with Crippen molar-refractivity contribution in [1.82, 2.24) is 15.3 Å². The molecule has 1 fully saturated rings. The second kappa shape index (κ2) is 5.74. The number of H-pyrrole nitrogens is 1. The minimum atomic E-state index is 0.147. The van der Waals surface area contributed by atoms with Crippen LogP contribution in [0.3, 0.4) is 0 Å². The first kappa shape index (κ1) is 13.4. The second-order valence-electron chi connectivity index (χ2n) is 6.24. The number of hydrogen-bond acceptors (Lipinski definition) is 3. The number of nitrogens with zero attached hydrogens (tertiary/aromatic N) is 2. The number of hydrogen-bond donors (Lipinski definition) is 2. The fourth-order valence-corrected chi connectivity index (χ4v) is 2.24. The van der Waals surface area contributed by atoms with Crippen LogP contribution >= 0.6 is 0 Å². The van der Waals surface area contributed by atoms with Gasteiger partial charge < -0.3 is 15.2 Å². The van der Waals surface area contributed by atoms with E-state index >= 15 is 0 Å². The van der Waals surface area contributed by atoms with Crippen LogP contribution in [0.5, 0.6) is 0 Å². The highest BCUT2D eigenvalue weighted by Crippen LogP contribution is 2.16. The Bertz CT molecular complexity index is 356. The quantitative estimate of drug-likeness (QED) is 0.867. The van der Waals surface area contributed by atoms with Gasteiger partial charge in [0.15, 0.2) is 0 Å². The number of nitrogens with one attached hydrogen (secondary N) is 2. The van der Waals surface area contributed by atoms with Crippen LogP contribution in [0.1, 0.15) is 52.1 Å². The van der Waals surface area contributed by atoms with Gasteiger partial charge in [0, 0.05) is 25.2 Å². The second-order valence-corrected chi connectivity index (χ2v) is 6.24. The molecular formula is C14H26N4. The minimum absolute atomic E-state index is 0.147. The molecule has 1 aliphatic heterocycles. The van der Waals surface area contributed by atoms with Crippen molar-refractivity contribution < 1.29 is 0 Å². The summed E-state index contributed by atoms with van der Waals surface area (Å²) in [4.78, 5) is 10.3. The number of anilines is 1. The molecule has 0 amide bonds. The Hall–Kier alpha value is -1.03. The predicted octanol–water partition coefficient (Wildman–Crippen LogP) is 2.68. The molecule has 1 aromatic rings. The van der Waals surface area contributed by atoms with Crippen molar-refractivity contribution in [3.63, 3.8) is 0 Å². The fourth-order valence-electron chi connectivity index (χ4n) is 2.24. The smallest absolute Gasteiger partial charge is 0.202 e. The van der Waals surface area contributed by atoms with E-state index in [1.54, 1.807) is 0 Å². The average molecular weight is 250 g/mol. The molecule has 0 aromatic carbocycles. The molecule has 0 saturated carbocycles. The Kier molecular flexibility index (Phi) is 4.27. The molecule has 102 valence electrons. The molecule has 0 spiro atoms. The van der Waals surface area contributed by atoms with Gasteiger partial charge in [0.1, 0.15) is 0 Å². The largest absolute Gasteiger partial charge is 0.342 e. The first-order valence-corrected chi connectivity index (χ1v) is 7.08. The van der Waals surface area contributed by atoms with Crippen molar-refractivity contribution in [2.24, 2.45) is 0 Å². The van der Waals surface area contributed by atoms with Gasteiger partial charge in [-0.25, -0.2) is 4.98 Å². The number of aromatic amines is 1. The Morgan fingerprint density at radius 2 is 1.89 bits per heavy atom.